The number of hydrogen-bond donors (Lipinski definition) is 7. The molecule has 0 fully saturated rings. The fraction of sp³-hybridized carbons (Fsp3) is 0.571. The molecule has 0 heterocycles. The van der Waals surface area contributed by atoms with Gasteiger partial charge in [0.2, 0.25) is 0 Å². The zero-order valence-corrected chi connectivity index (χ0v) is 9.33. The van der Waals surface area contributed by atoms with Crippen LogP contribution in [0.15, 0.2) is 5.10 Å². The van der Waals surface area contributed by atoms with E-state index in [1.165, 1.54) is 0 Å². The fourth-order valence-corrected chi connectivity index (χ4v) is 0.882. The third-order valence-electron chi connectivity index (χ3n) is 1.69. The van der Waals surface area contributed by atoms with Crippen molar-refractivity contribution in [2.75, 3.05) is 6.61 Å². The summed E-state index contributed by atoms with van der Waals surface area (Å²) in [5.41, 5.74) is 6.01. The van der Waals surface area contributed by atoms with Crippen LogP contribution < -0.4 is 11.2 Å². The first kappa shape index (κ1) is 15.7. The van der Waals surface area contributed by atoms with Crippen molar-refractivity contribution < 1.29 is 30.3 Å². The van der Waals surface area contributed by atoms with Crippen molar-refractivity contribution in [3.8, 4) is 0 Å². The molecule has 0 radical (unpaired) electrons. The smallest absolute Gasteiger partial charge is 0.354 e. The minimum Gasteiger partial charge on any atom is -0.477 e. The molecule has 0 aromatic rings. The second kappa shape index (κ2) is 7.09. The Kier molecular flexibility index (Phi) is 6.53. The number of aliphatic hydroxyl groups excluding tert-OH is 4. The van der Waals surface area contributed by atoms with Crippen LogP contribution in [0.25, 0.3) is 0 Å². The van der Waals surface area contributed by atoms with E-state index in [-0.39, 0.29) is 5.11 Å². The first-order chi connectivity index (χ1) is 7.81. The highest BCUT2D eigenvalue weighted by molar-refractivity contribution is 7.80. The zero-order chi connectivity index (χ0) is 13.6. The molecule has 0 aliphatic rings. The number of nitrogens with two attached hydrogens (primary N) is 1. The number of carbonyl (C=O) groups is 1. The third-order valence-corrected chi connectivity index (χ3v) is 1.78. The van der Waals surface area contributed by atoms with Crippen LogP contribution in [0.2, 0.25) is 0 Å². The van der Waals surface area contributed by atoms with Gasteiger partial charge in [-0.3, -0.25) is 5.43 Å². The van der Waals surface area contributed by atoms with Gasteiger partial charge >= 0.3 is 5.97 Å². The Hall–Kier alpha value is -1.33. The largest absolute Gasteiger partial charge is 0.477 e. The van der Waals surface area contributed by atoms with Crippen LogP contribution in [-0.2, 0) is 4.79 Å². The minimum absolute atomic E-state index is 0.340. The predicted octanol–water partition coefficient (Wildman–Crippen LogP) is -3.66. The van der Waals surface area contributed by atoms with E-state index in [0.717, 1.165) is 0 Å². The van der Waals surface area contributed by atoms with Crippen molar-refractivity contribution in [1.29, 1.82) is 0 Å². The highest BCUT2D eigenvalue weighted by Crippen LogP contribution is 2.02. The van der Waals surface area contributed by atoms with E-state index in [1.54, 1.807) is 0 Å². The Labute approximate surface area is 101 Å². The molecule has 0 saturated heterocycles. The number of nitrogens with one attached hydrogen (secondary N) is 1. The van der Waals surface area contributed by atoms with Crippen LogP contribution in [0.1, 0.15) is 0 Å². The Bertz CT molecular complexity index is 323. The van der Waals surface area contributed by atoms with E-state index in [9.17, 15) is 15.0 Å². The Morgan fingerprint density at radius 3 is 2.29 bits per heavy atom. The van der Waals surface area contributed by atoms with Gasteiger partial charge in [-0.25, -0.2) is 4.79 Å². The maximum Gasteiger partial charge on any atom is 0.354 e. The first-order valence-corrected chi connectivity index (χ1v) is 4.73. The summed E-state index contributed by atoms with van der Waals surface area (Å²) in [6.07, 6.45) is -5.64. The summed E-state index contributed by atoms with van der Waals surface area (Å²) in [5.74, 6) is -1.65. The quantitative estimate of drug-likeness (QED) is 0.146. The Balaban J connectivity index is 4.88. The molecule has 0 aliphatic heterocycles. The number of hydrogen-bond acceptors (Lipinski definition) is 7. The number of carboxylic acid groups (broad SMARTS) is 1. The highest BCUT2D eigenvalue weighted by atomic mass is 32.1. The zero-order valence-electron chi connectivity index (χ0n) is 8.52. The molecular weight excluding hydrogens is 254 g/mol. The molecular formula is C7H13N3O6S. The molecule has 17 heavy (non-hydrogen) atoms. The van der Waals surface area contributed by atoms with Crippen molar-refractivity contribution in [2.45, 2.75) is 18.3 Å². The molecule has 98 valence electrons. The maximum absolute atomic E-state index is 10.7. The molecule has 0 aromatic carbocycles. The fourth-order valence-electron chi connectivity index (χ4n) is 0.836. The van der Waals surface area contributed by atoms with E-state index in [4.69, 9.17) is 21.1 Å². The molecule has 0 amide bonds. The molecule has 0 spiro atoms. The topological polar surface area (TPSA) is 169 Å². The second-order valence-corrected chi connectivity index (χ2v) is 3.40. The van der Waals surface area contributed by atoms with Gasteiger partial charge in [-0.2, -0.15) is 5.10 Å². The molecule has 0 rings (SSSR count). The predicted molar refractivity (Wildman–Crippen MR) is 60.1 cm³/mol. The lowest BCUT2D eigenvalue weighted by Gasteiger charge is -2.20. The van der Waals surface area contributed by atoms with Crippen LogP contribution in [-0.4, -0.2) is 67.2 Å². The number of nitrogens with zero attached hydrogens (tertiary/aromatic N) is 1. The van der Waals surface area contributed by atoms with Crippen molar-refractivity contribution in [3.05, 3.63) is 0 Å². The van der Waals surface area contributed by atoms with E-state index >= 15 is 0 Å². The standard InChI is InChI=1S/C7H13N3O6S/c8-7(17)10-9-3(6(15)16)5(14)4(13)2(12)1-11/h2,4-5,11-14H,1H2,(H,15,16)(H3,8,10,17). The summed E-state index contributed by atoms with van der Waals surface area (Å²) in [5, 5.41) is 47.7. The summed E-state index contributed by atoms with van der Waals surface area (Å²) in [4.78, 5) is 10.7. The van der Waals surface area contributed by atoms with Crippen LogP contribution >= 0.6 is 12.2 Å². The number of aliphatic carboxylic acids is 1. The van der Waals surface area contributed by atoms with Crippen molar-refractivity contribution in [3.63, 3.8) is 0 Å². The maximum atomic E-state index is 10.7. The van der Waals surface area contributed by atoms with Gasteiger partial charge in [0.1, 0.15) is 18.3 Å². The minimum atomic E-state index is -2.02. The van der Waals surface area contributed by atoms with E-state index in [1.807, 2.05) is 5.43 Å². The van der Waals surface area contributed by atoms with Gasteiger partial charge in [-0.1, -0.05) is 0 Å². The number of hydrazone groups is 1. The van der Waals surface area contributed by atoms with Crippen molar-refractivity contribution in [1.82, 2.24) is 5.43 Å². The van der Waals surface area contributed by atoms with Gasteiger partial charge in [0, 0.05) is 0 Å². The normalized spacial score (nSPS) is 17.1. The van der Waals surface area contributed by atoms with Crippen molar-refractivity contribution >= 4 is 29.0 Å². The second-order valence-electron chi connectivity index (χ2n) is 2.96. The van der Waals surface area contributed by atoms with Gasteiger partial charge < -0.3 is 31.3 Å². The van der Waals surface area contributed by atoms with Gasteiger partial charge in [0.05, 0.1) is 6.61 Å². The number of thiocarbonyl (C=S) groups is 1. The van der Waals surface area contributed by atoms with Gasteiger partial charge in [-0.05, 0) is 12.2 Å². The summed E-state index contributed by atoms with van der Waals surface area (Å²) >= 11 is 4.36. The lowest BCUT2D eigenvalue weighted by Crippen LogP contribution is -2.47. The Morgan fingerprint density at radius 1 is 1.41 bits per heavy atom. The molecule has 3 atom stereocenters. The summed E-state index contributed by atoms with van der Waals surface area (Å²) in [6, 6.07) is 0. The molecule has 9 nitrogen and oxygen atoms in total. The molecule has 0 saturated carbocycles. The molecule has 0 aliphatic carbocycles. The SMILES string of the molecule is NC(=S)NN=C(C(=O)O)C(O)C(O)C(O)CO. The number of rotatable bonds is 6. The average molecular weight is 267 g/mol. The van der Waals surface area contributed by atoms with Gasteiger partial charge in [0.15, 0.2) is 10.8 Å². The van der Waals surface area contributed by atoms with Crippen LogP contribution in [0.4, 0.5) is 0 Å². The first-order valence-electron chi connectivity index (χ1n) is 4.32. The van der Waals surface area contributed by atoms with Gasteiger partial charge in [-0.15, -0.1) is 0 Å². The molecule has 3 unspecified atom stereocenters. The van der Waals surface area contributed by atoms with Crippen molar-refractivity contribution in [2.24, 2.45) is 10.8 Å². The highest BCUT2D eigenvalue weighted by Gasteiger charge is 2.32. The van der Waals surface area contributed by atoms with Crippen LogP contribution in [0.3, 0.4) is 0 Å². The average Bonchev–Trinajstić information content (AvgIpc) is 2.25. The Morgan fingerprint density at radius 2 is 1.94 bits per heavy atom. The van der Waals surface area contributed by atoms with E-state index in [2.05, 4.69) is 17.3 Å². The molecule has 0 aromatic heterocycles. The monoisotopic (exact) mass is 267 g/mol. The summed E-state index contributed by atoms with van der Waals surface area (Å²) in [7, 11) is 0. The molecule has 8 N–H and O–H groups in total. The van der Waals surface area contributed by atoms with Gasteiger partial charge in [0.25, 0.3) is 0 Å². The van der Waals surface area contributed by atoms with E-state index in [0.29, 0.717) is 0 Å². The number of aliphatic hydroxyl groups is 4. The number of carboxylic acids is 1. The third kappa shape index (κ3) is 5.01. The molecule has 0 bridgehead atoms. The molecule has 10 heteroatoms. The van der Waals surface area contributed by atoms with E-state index < -0.39 is 36.6 Å². The van der Waals surface area contributed by atoms with Crippen LogP contribution in [0.5, 0.6) is 0 Å². The lowest BCUT2D eigenvalue weighted by molar-refractivity contribution is -0.130. The summed E-state index contributed by atoms with van der Waals surface area (Å²) in [6.45, 7) is -0.853. The van der Waals surface area contributed by atoms with Crippen LogP contribution in [0, 0.1) is 0 Å². The lowest BCUT2D eigenvalue weighted by atomic mass is 10.0. The summed E-state index contributed by atoms with van der Waals surface area (Å²) < 4.78 is 0.